The maximum atomic E-state index is 11.8. The first kappa shape index (κ1) is 12.4. The van der Waals surface area contributed by atoms with Gasteiger partial charge in [0, 0.05) is 5.56 Å². The van der Waals surface area contributed by atoms with Gasteiger partial charge in [0.05, 0.1) is 6.26 Å². The molecule has 0 saturated heterocycles. The quantitative estimate of drug-likeness (QED) is 0.752. The van der Waals surface area contributed by atoms with E-state index in [1.54, 1.807) is 12.3 Å². The van der Waals surface area contributed by atoms with Crippen LogP contribution in [0.2, 0.25) is 0 Å². The van der Waals surface area contributed by atoms with Crippen molar-refractivity contribution < 1.29 is 13.9 Å². The van der Waals surface area contributed by atoms with Crippen LogP contribution in [-0.4, -0.2) is 11.6 Å². The minimum Gasteiger partial charge on any atom is -0.457 e. The molecule has 0 unspecified atom stereocenters. The minimum atomic E-state index is -0.517. The number of hydrogen-bond acceptors (Lipinski definition) is 3. The zero-order valence-electron chi connectivity index (χ0n) is 10.8. The van der Waals surface area contributed by atoms with Gasteiger partial charge in [-0.15, -0.1) is 0 Å². The van der Waals surface area contributed by atoms with Crippen LogP contribution in [0.4, 0.5) is 0 Å². The van der Waals surface area contributed by atoms with Gasteiger partial charge in [-0.05, 0) is 32.4 Å². The Labute approximate surface area is 106 Å². The molecule has 94 valence electrons. The van der Waals surface area contributed by atoms with E-state index in [-0.39, 0.29) is 5.76 Å². The van der Waals surface area contributed by atoms with Crippen molar-refractivity contribution in [1.82, 2.24) is 0 Å². The van der Waals surface area contributed by atoms with Gasteiger partial charge in [-0.1, -0.05) is 30.3 Å². The molecule has 0 radical (unpaired) electrons. The number of ether oxygens (including phenoxy) is 1. The SMILES string of the molecule is CC(C)(C)OC(=O)c1cc(-c2ccccc2)co1. The Hall–Kier alpha value is -2.03. The summed E-state index contributed by atoms with van der Waals surface area (Å²) >= 11 is 0. The first-order valence-corrected chi connectivity index (χ1v) is 5.83. The molecule has 1 aromatic heterocycles. The average Bonchev–Trinajstić information content (AvgIpc) is 2.77. The third-order valence-corrected chi connectivity index (χ3v) is 2.31. The van der Waals surface area contributed by atoms with Crippen molar-refractivity contribution in [3.8, 4) is 11.1 Å². The van der Waals surface area contributed by atoms with Crippen LogP contribution in [-0.2, 0) is 4.74 Å². The van der Waals surface area contributed by atoms with E-state index in [0.717, 1.165) is 11.1 Å². The molecule has 0 bridgehead atoms. The summed E-state index contributed by atoms with van der Waals surface area (Å²) in [6, 6.07) is 11.4. The molecule has 0 N–H and O–H groups in total. The van der Waals surface area contributed by atoms with E-state index >= 15 is 0 Å². The standard InChI is InChI=1S/C15H16O3/c1-15(2,3)18-14(16)13-9-12(10-17-13)11-7-5-4-6-8-11/h4-10H,1-3H3. The predicted molar refractivity (Wildman–Crippen MR) is 69.3 cm³/mol. The highest BCUT2D eigenvalue weighted by molar-refractivity contribution is 5.88. The van der Waals surface area contributed by atoms with Gasteiger partial charge in [-0.25, -0.2) is 4.79 Å². The Bertz CT molecular complexity index is 532. The van der Waals surface area contributed by atoms with Crippen LogP contribution in [0.1, 0.15) is 31.3 Å². The smallest absolute Gasteiger partial charge is 0.374 e. The number of carbonyl (C=O) groups excluding carboxylic acids is 1. The summed E-state index contributed by atoms with van der Waals surface area (Å²) in [6.45, 7) is 5.48. The van der Waals surface area contributed by atoms with Gasteiger partial charge in [0.1, 0.15) is 5.60 Å². The normalized spacial score (nSPS) is 11.3. The highest BCUT2D eigenvalue weighted by Gasteiger charge is 2.20. The largest absolute Gasteiger partial charge is 0.457 e. The lowest BCUT2D eigenvalue weighted by Crippen LogP contribution is -2.23. The van der Waals surface area contributed by atoms with Gasteiger partial charge in [0.2, 0.25) is 5.76 Å². The highest BCUT2D eigenvalue weighted by Crippen LogP contribution is 2.23. The second kappa shape index (κ2) is 4.69. The van der Waals surface area contributed by atoms with E-state index in [0.29, 0.717) is 0 Å². The first-order chi connectivity index (χ1) is 8.46. The van der Waals surface area contributed by atoms with Gasteiger partial charge in [-0.2, -0.15) is 0 Å². The molecule has 0 spiro atoms. The molecule has 0 atom stereocenters. The van der Waals surface area contributed by atoms with Crippen LogP contribution in [0.15, 0.2) is 47.1 Å². The third-order valence-electron chi connectivity index (χ3n) is 2.31. The summed E-state index contributed by atoms with van der Waals surface area (Å²) in [5.74, 6) is -0.214. The monoisotopic (exact) mass is 244 g/mol. The van der Waals surface area contributed by atoms with Crippen LogP contribution in [0, 0.1) is 0 Å². The molecule has 3 nitrogen and oxygen atoms in total. The van der Waals surface area contributed by atoms with Crippen molar-refractivity contribution in [1.29, 1.82) is 0 Å². The fourth-order valence-electron chi connectivity index (χ4n) is 1.55. The fraction of sp³-hybridized carbons (Fsp3) is 0.267. The highest BCUT2D eigenvalue weighted by atomic mass is 16.6. The lowest BCUT2D eigenvalue weighted by atomic mass is 10.1. The third kappa shape index (κ3) is 3.00. The number of furan rings is 1. The summed E-state index contributed by atoms with van der Waals surface area (Å²) in [5, 5.41) is 0. The number of esters is 1. The van der Waals surface area contributed by atoms with Crippen molar-refractivity contribution in [2.24, 2.45) is 0 Å². The second-order valence-electron chi connectivity index (χ2n) is 5.07. The Morgan fingerprint density at radius 1 is 1.11 bits per heavy atom. The maximum Gasteiger partial charge on any atom is 0.374 e. The van der Waals surface area contributed by atoms with Gasteiger partial charge >= 0.3 is 5.97 Å². The van der Waals surface area contributed by atoms with Crippen molar-refractivity contribution >= 4 is 5.97 Å². The number of benzene rings is 1. The summed E-state index contributed by atoms with van der Waals surface area (Å²) in [7, 11) is 0. The Morgan fingerprint density at radius 2 is 1.78 bits per heavy atom. The van der Waals surface area contributed by atoms with Crippen LogP contribution < -0.4 is 0 Å². The molecule has 2 rings (SSSR count). The van der Waals surface area contributed by atoms with E-state index in [4.69, 9.17) is 9.15 Å². The van der Waals surface area contributed by atoms with Gasteiger partial charge in [-0.3, -0.25) is 0 Å². The number of rotatable bonds is 2. The first-order valence-electron chi connectivity index (χ1n) is 5.83. The van der Waals surface area contributed by atoms with Crippen LogP contribution >= 0.6 is 0 Å². The molecule has 0 aliphatic rings. The molecular weight excluding hydrogens is 228 g/mol. The topological polar surface area (TPSA) is 39.4 Å². The van der Waals surface area contributed by atoms with E-state index < -0.39 is 11.6 Å². The van der Waals surface area contributed by atoms with Crippen molar-refractivity contribution in [2.45, 2.75) is 26.4 Å². The van der Waals surface area contributed by atoms with Crippen LogP contribution in [0.5, 0.6) is 0 Å². The van der Waals surface area contributed by atoms with E-state index in [1.807, 2.05) is 51.1 Å². The van der Waals surface area contributed by atoms with Gasteiger partial charge < -0.3 is 9.15 Å². The summed E-state index contributed by atoms with van der Waals surface area (Å²) in [6.07, 6.45) is 1.56. The molecule has 0 aliphatic heterocycles. The minimum absolute atomic E-state index is 0.226. The maximum absolute atomic E-state index is 11.8. The van der Waals surface area contributed by atoms with Crippen LogP contribution in [0.3, 0.4) is 0 Å². The molecule has 0 fully saturated rings. The molecule has 0 aliphatic carbocycles. The molecular formula is C15H16O3. The van der Waals surface area contributed by atoms with Crippen molar-refractivity contribution in [3.05, 3.63) is 48.4 Å². The number of hydrogen-bond donors (Lipinski definition) is 0. The van der Waals surface area contributed by atoms with E-state index in [9.17, 15) is 4.79 Å². The molecule has 18 heavy (non-hydrogen) atoms. The van der Waals surface area contributed by atoms with Crippen molar-refractivity contribution in [2.75, 3.05) is 0 Å². The molecule has 1 aromatic carbocycles. The Balaban J connectivity index is 2.19. The van der Waals surface area contributed by atoms with Gasteiger partial charge in [0.15, 0.2) is 0 Å². The Morgan fingerprint density at radius 3 is 2.39 bits per heavy atom. The lowest BCUT2D eigenvalue weighted by molar-refractivity contribution is 0.00360. The van der Waals surface area contributed by atoms with Gasteiger partial charge in [0.25, 0.3) is 0 Å². The molecule has 0 saturated carbocycles. The van der Waals surface area contributed by atoms with E-state index in [1.165, 1.54) is 0 Å². The summed E-state index contributed by atoms with van der Waals surface area (Å²) in [4.78, 5) is 11.8. The predicted octanol–water partition coefficient (Wildman–Crippen LogP) is 3.90. The lowest BCUT2D eigenvalue weighted by Gasteiger charge is -2.18. The number of carbonyl (C=O) groups is 1. The molecule has 0 amide bonds. The Kier molecular flexibility index (Phi) is 3.24. The fourth-order valence-corrected chi connectivity index (χ4v) is 1.55. The average molecular weight is 244 g/mol. The van der Waals surface area contributed by atoms with Crippen molar-refractivity contribution in [3.63, 3.8) is 0 Å². The second-order valence-corrected chi connectivity index (χ2v) is 5.07. The molecule has 3 heteroatoms. The van der Waals surface area contributed by atoms with Crippen LogP contribution in [0.25, 0.3) is 11.1 Å². The molecule has 2 aromatic rings. The zero-order chi connectivity index (χ0) is 13.2. The zero-order valence-corrected chi connectivity index (χ0v) is 10.8. The molecule has 1 heterocycles. The van der Waals surface area contributed by atoms with E-state index in [2.05, 4.69) is 0 Å². The summed E-state index contributed by atoms with van der Waals surface area (Å²) < 4.78 is 10.5. The summed E-state index contributed by atoms with van der Waals surface area (Å²) in [5.41, 5.74) is 1.36.